The third-order valence-electron chi connectivity index (χ3n) is 3.55. The van der Waals surface area contributed by atoms with Gasteiger partial charge in [-0.25, -0.2) is 4.79 Å². The van der Waals surface area contributed by atoms with Crippen molar-refractivity contribution in [1.82, 2.24) is 9.55 Å². The van der Waals surface area contributed by atoms with Gasteiger partial charge in [-0.2, -0.15) is 4.98 Å². The van der Waals surface area contributed by atoms with E-state index in [1.807, 2.05) is 0 Å². The van der Waals surface area contributed by atoms with Crippen molar-refractivity contribution >= 4 is 5.82 Å². The molecule has 0 radical (unpaired) electrons. The highest BCUT2D eigenvalue weighted by atomic mass is 16.6. The number of nitrogens with two attached hydrogens (primary N) is 1. The molecule has 5 atom stereocenters. The van der Waals surface area contributed by atoms with Crippen molar-refractivity contribution in [3.63, 3.8) is 0 Å². The number of aliphatic hydroxyl groups is 4. The average Bonchev–Trinajstić information content (AvgIpc) is 2.74. The van der Waals surface area contributed by atoms with Gasteiger partial charge in [-0.1, -0.05) is 6.92 Å². The van der Waals surface area contributed by atoms with Gasteiger partial charge in [0.05, 0.1) is 12.7 Å². The van der Waals surface area contributed by atoms with Gasteiger partial charge < -0.3 is 30.9 Å². The Balaban J connectivity index is 2.42. The molecule has 2 heterocycles. The summed E-state index contributed by atoms with van der Waals surface area (Å²) in [7, 11) is 0. The predicted molar refractivity (Wildman–Crippen MR) is 71.2 cm³/mol. The third kappa shape index (κ3) is 2.78. The molecule has 1 fully saturated rings. The van der Waals surface area contributed by atoms with E-state index in [0.29, 0.717) is 6.42 Å². The van der Waals surface area contributed by atoms with Crippen LogP contribution in [0.25, 0.3) is 0 Å². The highest BCUT2D eigenvalue weighted by molar-refractivity contribution is 5.38. The standard InChI is InChI=1S/C12H19N3O6/c1-2-6(17)5-3-15(12(20)14-10(5)13)11-9(19)8(18)7(4-16)21-11/h3,6-9,11,16-19H,2,4H2,1H3,(H2,13,14,20)/t6?,7-,8-,9-,11-/m1/s1. The summed E-state index contributed by atoms with van der Waals surface area (Å²) >= 11 is 0. The van der Waals surface area contributed by atoms with E-state index < -0.39 is 42.9 Å². The summed E-state index contributed by atoms with van der Waals surface area (Å²) in [5, 5.41) is 38.6. The Morgan fingerprint density at radius 3 is 2.67 bits per heavy atom. The molecule has 1 aliphatic rings. The lowest BCUT2D eigenvalue weighted by atomic mass is 10.1. The van der Waals surface area contributed by atoms with E-state index in [4.69, 9.17) is 15.6 Å². The zero-order chi connectivity index (χ0) is 15.7. The summed E-state index contributed by atoms with van der Waals surface area (Å²) in [6.45, 7) is 1.22. The molecule has 0 aliphatic carbocycles. The van der Waals surface area contributed by atoms with Crippen LogP contribution in [0, 0.1) is 0 Å². The maximum absolute atomic E-state index is 11.9. The second kappa shape index (κ2) is 6.08. The minimum absolute atomic E-state index is 0.0997. The molecular weight excluding hydrogens is 282 g/mol. The van der Waals surface area contributed by atoms with Crippen LogP contribution in [0.3, 0.4) is 0 Å². The zero-order valence-corrected chi connectivity index (χ0v) is 11.5. The van der Waals surface area contributed by atoms with Gasteiger partial charge in [0, 0.05) is 11.8 Å². The molecule has 1 unspecified atom stereocenters. The molecule has 6 N–H and O–H groups in total. The Morgan fingerprint density at radius 2 is 2.14 bits per heavy atom. The maximum atomic E-state index is 11.9. The molecule has 9 heteroatoms. The molecule has 21 heavy (non-hydrogen) atoms. The summed E-state index contributed by atoms with van der Waals surface area (Å²) in [5.41, 5.74) is 5.05. The maximum Gasteiger partial charge on any atom is 0.351 e. The Morgan fingerprint density at radius 1 is 1.48 bits per heavy atom. The van der Waals surface area contributed by atoms with Gasteiger partial charge in [-0.05, 0) is 6.42 Å². The third-order valence-corrected chi connectivity index (χ3v) is 3.55. The van der Waals surface area contributed by atoms with Crippen molar-refractivity contribution in [2.24, 2.45) is 0 Å². The molecular formula is C12H19N3O6. The minimum atomic E-state index is -1.41. The van der Waals surface area contributed by atoms with Gasteiger partial charge in [-0.15, -0.1) is 0 Å². The van der Waals surface area contributed by atoms with Crippen LogP contribution in [-0.4, -0.2) is 54.9 Å². The van der Waals surface area contributed by atoms with Gasteiger partial charge in [0.2, 0.25) is 0 Å². The fourth-order valence-electron chi connectivity index (χ4n) is 2.27. The van der Waals surface area contributed by atoms with E-state index in [0.717, 1.165) is 4.57 Å². The van der Waals surface area contributed by atoms with Gasteiger partial charge in [0.1, 0.15) is 24.1 Å². The molecule has 1 saturated heterocycles. The molecule has 0 bridgehead atoms. The Labute approximate surface area is 120 Å². The number of nitrogens with zero attached hydrogens (tertiary/aromatic N) is 2. The van der Waals surface area contributed by atoms with Crippen molar-refractivity contribution in [2.75, 3.05) is 12.3 Å². The number of nitrogen functional groups attached to an aromatic ring is 1. The first-order valence-electron chi connectivity index (χ1n) is 6.59. The summed E-state index contributed by atoms with van der Waals surface area (Å²) in [6, 6.07) is 0. The molecule has 9 nitrogen and oxygen atoms in total. The summed E-state index contributed by atoms with van der Waals surface area (Å²) < 4.78 is 6.21. The number of aromatic nitrogens is 2. The first-order valence-corrected chi connectivity index (χ1v) is 6.59. The topological polar surface area (TPSA) is 151 Å². The summed E-state index contributed by atoms with van der Waals surface area (Å²) in [5.74, 6) is -0.0997. The molecule has 0 spiro atoms. The van der Waals surface area contributed by atoms with Crippen LogP contribution in [0.4, 0.5) is 5.82 Å². The first kappa shape index (κ1) is 15.9. The van der Waals surface area contributed by atoms with E-state index >= 15 is 0 Å². The van der Waals surface area contributed by atoms with Gasteiger partial charge in [0.15, 0.2) is 6.23 Å². The molecule has 1 aromatic heterocycles. The smallest absolute Gasteiger partial charge is 0.351 e. The average molecular weight is 301 g/mol. The van der Waals surface area contributed by atoms with Gasteiger partial charge in [-0.3, -0.25) is 4.57 Å². The van der Waals surface area contributed by atoms with Crippen molar-refractivity contribution in [3.05, 3.63) is 22.2 Å². The molecule has 1 aromatic rings. The van der Waals surface area contributed by atoms with Crippen LogP contribution in [0.1, 0.15) is 31.2 Å². The van der Waals surface area contributed by atoms with Crippen LogP contribution >= 0.6 is 0 Å². The van der Waals surface area contributed by atoms with Crippen LogP contribution < -0.4 is 11.4 Å². The van der Waals surface area contributed by atoms with Crippen molar-refractivity contribution in [3.8, 4) is 0 Å². The van der Waals surface area contributed by atoms with E-state index in [1.165, 1.54) is 6.20 Å². The predicted octanol–water partition coefficient (Wildman–Crippen LogP) is -2.12. The van der Waals surface area contributed by atoms with Crippen LogP contribution in [-0.2, 0) is 4.74 Å². The zero-order valence-electron chi connectivity index (χ0n) is 11.5. The Bertz CT molecular complexity index is 562. The van der Waals surface area contributed by atoms with Gasteiger partial charge >= 0.3 is 5.69 Å². The van der Waals surface area contributed by atoms with E-state index in [-0.39, 0.29) is 11.4 Å². The van der Waals surface area contributed by atoms with E-state index in [1.54, 1.807) is 6.92 Å². The van der Waals surface area contributed by atoms with Crippen molar-refractivity contribution in [1.29, 1.82) is 0 Å². The largest absolute Gasteiger partial charge is 0.394 e. The quantitative estimate of drug-likeness (QED) is 0.423. The molecule has 0 amide bonds. The monoisotopic (exact) mass is 301 g/mol. The molecule has 118 valence electrons. The van der Waals surface area contributed by atoms with E-state index in [2.05, 4.69) is 4.98 Å². The van der Waals surface area contributed by atoms with Crippen molar-refractivity contribution < 1.29 is 25.2 Å². The lowest BCUT2D eigenvalue weighted by molar-refractivity contribution is -0.0552. The number of ether oxygens (including phenoxy) is 1. The fraction of sp³-hybridized carbons (Fsp3) is 0.667. The highest BCUT2D eigenvalue weighted by Crippen LogP contribution is 2.29. The van der Waals surface area contributed by atoms with Gasteiger partial charge in [0.25, 0.3) is 0 Å². The first-order chi connectivity index (χ1) is 9.90. The Hall–Kier alpha value is -1.52. The van der Waals surface area contributed by atoms with Crippen LogP contribution in [0.15, 0.2) is 11.0 Å². The van der Waals surface area contributed by atoms with E-state index in [9.17, 15) is 20.1 Å². The summed E-state index contributed by atoms with van der Waals surface area (Å²) in [4.78, 5) is 15.5. The fourth-order valence-corrected chi connectivity index (χ4v) is 2.27. The number of anilines is 1. The van der Waals surface area contributed by atoms with Crippen molar-refractivity contribution in [2.45, 2.75) is 44.0 Å². The second-order valence-electron chi connectivity index (χ2n) is 4.92. The number of hydrogen-bond acceptors (Lipinski definition) is 8. The lowest BCUT2D eigenvalue weighted by Crippen LogP contribution is -2.36. The normalized spacial score (nSPS) is 30.5. The molecule has 0 aromatic carbocycles. The highest BCUT2D eigenvalue weighted by Gasteiger charge is 2.44. The number of rotatable bonds is 4. The molecule has 1 aliphatic heterocycles. The van der Waals surface area contributed by atoms with Crippen LogP contribution in [0.2, 0.25) is 0 Å². The number of hydrogen-bond donors (Lipinski definition) is 5. The lowest BCUT2D eigenvalue weighted by Gasteiger charge is -2.19. The van der Waals surface area contributed by atoms with Crippen LogP contribution in [0.5, 0.6) is 0 Å². The minimum Gasteiger partial charge on any atom is -0.394 e. The SMILES string of the molecule is CCC(O)c1cn([C@@H]2O[C@H](CO)[C@@H](O)[C@H]2O)c(=O)nc1N. The Kier molecular flexibility index (Phi) is 4.59. The molecule has 0 saturated carbocycles. The number of aliphatic hydroxyl groups excluding tert-OH is 4. The second-order valence-corrected chi connectivity index (χ2v) is 4.92. The molecule has 2 rings (SSSR count). The summed E-state index contributed by atoms with van der Waals surface area (Å²) in [6.07, 6.45) is -4.25.